The average Bonchev–Trinajstić information content (AvgIpc) is 3.76. The van der Waals surface area contributed by atoms with Crippen molar-refractivity contribution >= 4 is 39.9 Å². The molecule has 254 valence electrons. The van der Waals surface area contributed by atoms with E-state index in [2.05, 4.69) is 53.1 Å². The van der Waals surface area contributed by atoms with Crippen molar-refractivity contribution < 1.29 is 18.8 Å². The molecule has 4 aromatic rings. The summed E-state index contributed by atoms with van der Waals surface area (Å²) in [4.78, 5) is 28.4. The number of fused-ring (bicyclic) bond motifs is 2. The van der Waals surface area contributed by atoms with E-state index in [1.54, 1.807) is 10.7 Å². The van der Waals surface area contributed by atoms with Crippen LogP contribution >= 0.6 is 11.6 Å². The molecule has 6 rings (SSSR count). The highest BCUT2D eigenvalue weighted by Gasteiger charge is 2.35. The van der Waals surface area contributed by atoms with Crippen molar-refractivity contribution in [2.45, 2.75) is 56.6 Å². The monoisotopic (exact) mass is 673 g/mol. The highest BCUT2D eigenvalue weighted by Crippen LogP contribution is 2.34. The van der Waals surface area contributed by atoms with Crippen molar-refractivity contribution in [3.8, 4) is 5.88 Å². The van der Waals surface area contributed by atoms with Crippen molar-refractivity contribution in [3.05, 3.63) is 78.4 Å². The van der Waals surface area contributed by atoms with Gasteiger partial charge in [0.15, 0.2) is 5.06 Å². The van der Waals surface area contributed by atoms with Gasteiger partial charge in [-0.2, -0.15) is 14.6 Å². The maximum Gasteiger partial charge on any atom is 0.254 e. The van der Waals surface area contributed by atoms with Gasteiger partial charge in [0.05, 0.1) is 33.3 Å². The molecule has 4 heterocycles. The Hall–Kier alpha value is -4.06. The normalized spacial score (nSPS) is 20.4. The van der Waals surface area contributed by atoms with Gasteiger partial charge in [0.1, 0.15) is 31.2 Å². The molecule has 1 aromatic carbocycles. The number of halogens is 1. The lowest BCUT2D eigenvalue weighted by Gasteiger charge is -2.34. The van der Waals surface area contributed by atoms with Crippen LogP contribution in [0.5, 0.6) is 5.88 Å². The van der Waals surface area contributed by atoms with Crippen molar-refractivity contribution in [2.24, 2.45) is 11.7 Å². The second kappa shape index (κ2) is 14.6. The highest BCUT2D eigenvalue weighted by atomic mass is 35.5. The summed E-state index contributed by atoms with van der Waals surface area (Å²) in [5, 5.41) is 5.49. The number of carbonyl (C=O) groups is 1. The fraction of sp³-hybridized carbons (Fsp3) is 0.472. The Morgan fingerprint density at radius 1 is 1.23 bits per heavy atom. The van der Waals surface area contributed by atoms with Crippen LogP contribution in [0, 0.1) is 5.92 Å². The summed E-state index contributed by atoms with van der Waals surface area (Å²) in [7, 11) is 4.18. The van der Waals surface area contributed by atoms with Gasteiger partial charge >= 0.3 is 0 Å². The van der Waals surface area contributed by atoms with Crippen LogP contribution in [0.4, 0.5) is 5.82 Å². The van der Waals surface area contributed by atoms with Crippen molar-refractivity contribution in [3.63, 3.8) is 0 Å². The minimum atomic E-state index is -1.000. The molecule has 1 aliphatic carbocycles. The summed E-state index contributed by atoms with van der Waals surface area (Å²) in [6, 6.07) is 12.4. The molecule has 0 radical (unpaired) electrons. The number of carbonyl (C=O) groups excluding carboxylic acids is 1. The first kappa shape index (κ1) is 33.8. The first-order chi connectivity index (χ1) is 23.1. The predicted molar refractivity (Wildman–Crippen MR) is 188 cm³/mol. The second-order valence-corrected chi connectivity index (χ2v) is 14.1. The molecule has 12 heteroatoms. The van der Waals surface area contributed by atoms with Gasteiger partial charge in [-0.05, 0) is 60.9 Å². The Kier molecular flexibility index (Phi) is 10.3. The van der Waals surface area contributed by atoms with Gasteiger partial charge in [-0.15, -0.1) is 0 Å². The predicted octanol–water partition coefficient (Wildman–Crippen LogP) is 5.08. The molecular formula is C36H46ClN8O3+. The Morgan fingerprint density at radius 2 is 2.08 bits per heavy atom. The van der Waals surface area contributed by atoms with E-state index in [1.807, 2.05) is 42.5 Å². The van der Waals surface area contributed by atoms with Crippen LogP contribution < -0.4 is 15.4 Å². The van der Waals surface area contributed by atoms with Gasteiger partial charge < -0.3 is 24.6 Å². The third-order valence-corrected chi connectivity index (χ3v) is 9.78. The number of anilines is 1. The van der Waals surface area contributed by atoms with Crippen LogP contribution in [0.1, 0.15) is 44.7 Å². The number of primary amides is 1. The van der Waals surface area contributed by atoms with E-state index in [0.717, 1.165) is 66.5 Å². The molecule has 11 nitrogen and oxygen atoms in total. The van der Waals surface area contributed by atoms with Crippen LogP contribution in [0.15, 0.2) is 72.7 Å². The van der Waals surface area contributed by atoms with Gasteiger partial charge in [0.25, 0.3) is 5.78 Å². The number of nitrogens with two attached hydrogens (primary N) is 1. The van der Waals surface area contributed by atoms with Crippen molar-refractivity contribution in [1.29, 1.82) is 0 Å². The molecule has 3 atom stereocenters. The van der Waals surface area contributed by atoms with Crippen LogP contribution in [0.2, 0.25) is 0 Å². The lowest BCUT2D eigenvalue weighted by molar-refractivity contribution is -0.892. The van der Waals surface area contributed by atoms with Gasteiger partial charge in [-0.1, -0.05) is 55.3 Å². The van der Waals surface area contributed by atoms with Crippen LogP contribution in [0.25, 0.3) is 16.6 Å². The molecule has 2 unspecified atom stereocenters. The standard InChI is InChI=1S/C36H45ClN8O3/c1-4-5-10-28-22-27-9-6-7-12-30(27)34(42-28)47-21-20-45(2,3)23-31(33(38)46)26-13-16-36(37,17-14-26)48-24-29-11-8-19-43(29)32-15-18-39-35-40-25-41-44(32)35/h6-7,9,12-16,18,22,25,29,31H,4-5,8,10-11,17,19-21,23-24H2,1-3H3,(H-,38,46)/p+1/t29-,31?,36?/m1/s1. The lowest BCUT2D eigenvalue weighted by Crippen LogP contribution is -2.49. The number of likely N-dealkylation sites (N-methyl/N-ethyl adjacent to an activating group) is 1. The summed E-state index contributed by atoms with van der Waals surface area (Å²) in [5.41, 5.74) is 7.88. The molecule has 2 N–H and O–H groups in total. The summed E-state index contributed by atoms with van der Waals surface area (Å²) in [6.07, 6.45) is 14.6. The van der Waals surface area contributed by atoms with Gasteiger partial charge in [-0.25, -0.2) is 9.97 Å². The number of aromatic nitrogens is 5. The van der Waals surface area contributed by atoms with Gasteiger partial charge in [0.2, 0.25) is 11.8 Å². The maximum atomic E-state index is 12.8. The van der Waals surface area contributed by atoms with Gasteiger partial charge in [0, 0.05) is 30.2 Å². The number of rotatable bonds is 15. The Balaban J connectivity index is 1.05. The molecule has 1 aliphatic heterocycles. The van der Waals surface area contributed by atoms with Crippen LogP contribution in [0.3, 0.4) is 0 Å². The number of benzene rings is 1. The quantitative estimate of drug-likeness (QED) is 0.137. The number of hydrogen-bond acceptors (Lipinski definition) is 8. The lowest BCUT2D eigenvalue weighted by atomic mass is 9.91. The summed E-state index contributed by atoms with van der Waals surface area (Å²) < 4.78 is 14.9. The molecular weight excluding hydrogens is 628 g/mol. The van der Waals surface area contributed by atoms with E-state index >= 15 is 0 Å². The number of ether oxygens (including phenoxy) is 2. The second-order valence-electron chi connectivity index (χ2n) is 13.5. The number of nitrogens with zero attached hydrogens (tertiary/aromatic N) is 7. The first-order valence-corrected chi connectivity index (χ1v) is 17.3. The fourth-order valence-corrected chi connectivity index (χ4v) is 6.82. The third kappa shape index (κ3) is 7.80. The number of pyridine rings is 1. The molecule has 2 aliphatic rings. The molecule has 0 saturated carbocycles. The van der Waals surface area contributed by atoms with Crippen LogP contribution in [-0.2, 0) is 16.0 Å². The van der Waals surface area contributed by atoms with Crippen LogP contribution in [-0.4, -0.2) is 93.0 Å². The minimum Gasteiger partial charge on any atom is -0.471 e. The Bertz CT molecular complexity index is 1810. The van der Waals surface area contributed by atoms with Gasteiger partial charge in [-0.3, -0.25) is 4.79 Å². The SMILES string of the molecule is CCCCc1cc2ccccc2c(OCC[N+](C)(C)CC(C(N)=O)C2=CCC(Cl)(OC[C@H]3CCCN3c3ccnc4ncnn34)C=C2)n1. The minimum absolute atomic E-state index is 0.139. The summed E-state index contributed by atoms with van der Waals surface area (Å²) in [6.45, 7) is 5.18. The summed E-state index contributed by atoms with van der Waals surface area (Å²) in [5.74, 6) is 1.33. The van der Waals surface area contributed by atoms with E-state index in [4.69, 9.17) is 31.8 Å². The number of amides is 1. The maximum absolute atomic E-state index is 12.8. The fourth-order valence-electron chi connectivity index (χ4n) is 6.62. The summed E-state index contributed by atoms with van der Waals surface area (Å²) >= 11 is 6.96. The number of aryl methyl sites for hydroxylation is 1. The molecule has 0 bridgehead atoms. The average molecular weight is 674 g/mol. The molecule has 3 aromatic heterocycles. The molecule has 48 heavy (non-hydrogen) atoms. The van der Waals surface area contributed by atoms with E-state index in [9.17, 15) is 4.79 Å². The van der Waals surface area contributed by atoms with Crippen molar-refractivity contribution in [1.82, 2.24) is 24.6 Å². The first-order valence-electron chi connectivity index (χ1n) is 16.9. The largest absolute Gasteiger partial charge is 0.471 e. The number of hydrogen-bond donors (Lipinski definition) is 1. The van der Waals surface area contributed by atoms with E-state index < -0.39 is 11.0 Å². The molecule has 1 saturated heterocycles. The Morgan fingerprint density at radius 3 is 2.88 bits per heavy atom. The zero-order valence-electron chi connectivity index (χ0n) is 28.1. The third-order valence-electron chi connectivity index (χ3n) is 9.39. The smallest absolute Gasteiger partial charge is 0.254 e. The van der Waals surface area contributed by atoms with E-state index in [-0.39, 0.29) is 11.9 Å². The van der Waals surface area contributed by atoms with Crippen molar-refractivity contribution in [2.75, 3.05) is 51.8 Å². The Labute approximate surface area is 287 Å². The number of unbranched alkanes of at least 4 members (excludes halogenated alkanes) is 1. The molecule has 0 spiro atoms. The highest BCUT2D eigenvalue weighted by molar-refractivity contribution is 6.24. The molecule has 1 amide bonds. The van der Waals surface area contributed by atoms with E-state index in [1.165, 1.54) is 6.33 Å². The number of allylic oxidation sites excluding steroid dienone is 1. The zero-order chi connectivity index (χ0) is 33.7. The number of quaternary nitrogens is 1. The van der Waals surface area contributed by atoms with E-state index in [0.29, 0.717) is 48.9 Å². The molecule has 1 fully saturated rings. The zero-order valence-corrected chi connectivity index (χ0v) is 28.9. The topological polar surface area (TPSA) is 121 Å². The number of alkyl halides is 1.